The lowest BCUT2D eigenvalue weighted by molar-refractivity contribution is -0.131. The second-order valence-electron chi connectivity index (χ2n) is 6.81. The summed E-state index contributed by atoms with van der Waals surface area (Å²) in [6, 6.07) is 18.7. The summed E-state index contributed by atoms with van der Waals surface area (Å²) in [5, 5.41) is 3.37. The molecule has 3 rings (SSSR count). The Balaban J connectivity index is 1.45. The number of rotatable bonds is 8. The first kappa shape index (κ1) is 18.3. The summed E-state index contributed by atoms with van der Waals surface area (Å²) in [5.41, 5.74) is 3.55. The normalized spacial score (nSPS) is 13.7. The summed E-state index contributed by atoms with van der Waals surface area (Å²) >= 11 is 0. The molecular formula is C22H29N3O. The fourth-order valence-electron chi connectivity index (χ4n) is 3.42. The number of benzene rings is 2. The summed E-state index contributed by atoms with van der Waals surface area (Å²) < 4.78 is 0. The smallest absolute Gasteiger partial charge is 0.224 e. The molecule has 1 amide bonds. The summed E-state index contributed by atoms with van der Waals surface area (Å²) in [4.78, 5) is 16.8. The zero-order valence-electron chi connectivity index (χ0n) is 15.7. The van der Waals surface area contributed by atoms with Crippen LogP contribution in [0, 0.1) is 0 Å². The molecule has 0 saturated carbocycles. The molecule has 1 aliphatic rings. The molecular weight excluding hydrogens is 322 g/mol. The van der Waals surface area contributed by atoms with Crippen LogP contribution in [0.5, 0.6) is 0 Å². The number of carbonyl (C=O) groups is 1. The molecule has 0 aliphatic carbocycles. The molecule has 1 fully saturated rings. The first-order valence-electron chi connectivity index (χ1n) is 9.67. The Hall–Kier alpha value is -2.49. The predicted octanol–water partition coefficient (Wildman–Crippen LogP) is 4.14. The fraction of sp³-hybridized carbons (Fsp3) is 0.409. The highest BCUT2D eigenvalue weighted by Crippen LogP contribution is 2.22. The molecule has 0 radical (unpaired) electrons. The Morgan fingerprint density at radius 2 is 1.73 bits per heavy atom. The molecule has 1 heterocycles. The van der Waals surface area contributed by atoms with Gasteiger partial charge in [0, 0.05) is 50.5 Å². The second kappa shape index (κ2) is 9.27. The van der Waals surface area contributed by atoms with E-state index in [1.54, 1.807) is 0 Å². The van der Waals surface area contributed by atoms with E-state index in [-0.39, 0.29) is 5.91 Å². The van der Waals surface area contributed by atoms with Crippen molar-refractivity contribution in [1.82, 2.24) is 4.90 Å². The van der Waals surface area contributed by atoms with Gasteiger partial charge in [-0.3, -0.25) is 4.79 Å². The van der Waals surface area contributed by atoms with E-state index in [9.17, 15) is 4.79 Å². The predicted molar refractivity (Wildman–Crippen MR) is 109 cm³/mol. The molecule has 0 atom stereocenters. The van der Waals surface area contributed by atoms with Crippen molar-refractivity contribution in [2.24, 2.45) is 0 Å². The van der Waals surface area contributed by atoms with E-state index in [2.05, 4.69) is 46.6 Å². The lowest BCUT2D eigenvalue weighted by Gasteiger charge is -2.21. The monoisotopic (exact) mass is 351 g/mol. The van der Waals surface area contributed by atoms with Gasteiger partial charge in [-0.15, -0.1) is 0 Å². The quantitative estimate of drug-likeness (QED) is 0.776. The van der Waals surface area contributed by atoms with Crippen LogP contribution >= 0.6 is 0 Å². The molecule has 0 aromatic heterocycles. The maximum atomic E-state index is 12.5. The molecule has 1 N–H and O–H groups in total. The van der Waals surface area contributed by atoms with Gasteiger partial charge in [-0.25, -0.2) is 0 Å². The van der Waals surface area contributed by atoms with Crippen LogP contribution in [0.15, 0.2) is 54.6 Å². The zero-order valence-corrected chi connectivity index (χ0v) is 15.7. The number of amides is 1. The summed E-state index contributed by atoms with van der Waals surface area (Å²) in [6.07, 6.45) is 3.09. The maximum absolute atomic E-state index is 12.5. The molecule has 0 bridgehead atoms. The second-order valence-corrected chi connectivity index (χ2v) is 6.81. The van der Waals surface area contributed by atoms with E-state index >= 15 is 0 Å². The molecule has 138 valence electrons. The van der Waals surface area contributed by atoms with Gasteiger partial charge < -0.3 is 15.1 Å². The molecule has 2 aromatic rings. The number of nitrogens with one attached hydrogen (secondary N) is 1. The van der Waals surface area contributed by atoms with Gasteiger partial charge in [0.1, 0.15) is 0 Å². The summed E-state index contributed by atoms with van der Waals surface area (Å²) in [6.45, 7) is 6.43. The van der Waals surface area contributed by atoms with Gasteiger partial charge in [0.25, 0.3) is 0 Å². The van der Waals surface area contributed by atoms with Crippen molar-refractivity contribution in [3.8, 4) is 0 Å². The minimum absolute atomic E-state index is 0.192. The molecule has 0 spiro atoms. The minimum atomic E-state index is 0.192. The SMILES string of the molecule is CCN(Cc1ccccc1)C(=O)CCNc1ccc(N2CCCC2)cc1. The van der Waals surface area contributed by atoms with Crippen molar-refractivity contribution in [3.05, 3.63) is 60.2 Å². The lowest BCUT2D eigenvalue weighted by atomic mass is 10.2. The maximum Gasteiger partial charge on any atom is 0.224 e. The van der Waals surface area contributed by atoms with Crippen LogP contribution in [-0.4, -0.2) is 37.0 Å². The van der Waals surface area contributed by atoms with E-state index in [1.165, 1.54) is 24.1 Å². The standard InChI is InChI=1S/C22H29N3O/c1-2-24(18-19-8-4-3-5-9-19)22(26)14-15-23-20-10-12-21(13-11-20)25-16-6-7-17-25/h3-5,8-13,23H,2,6-7,14-18H2,1H3. The van der Waals surface area contributed by atoms with Crippen LogP contribution in [-0.2, 0) is 11.3 Å². The van der Waals surface area contributed by atoms with E-state index in [0.717, 1.165) is 25.3 Å². The van der Waals surface area contributed by atoms with Crippen LogP contribution in [0.3, 0.4) is 0 Å². The molecule has 4 heteroatoms. The van der Waals surface area contributed by atoms with Crippen LogP contribution in [0.25, 0.3) is 0 Å². The third-order valence-corrected chi connectivity index (χ3v) is 4.96. The Morgan fingerprint density at radius 3 is 2.38 bits per heavy atom. The Bertz CT molecular complexity index is 678. The van der Waals surface area contributed by atoms with Gasteiger partial charge in [-0.2, -0.15) is 0 Å². The number of nitrogens with zero attached hydrogens (tertiary/aromatic N) is 2. The van der Waals surface area contributed by atoms with Crippen molar-refractivity contribution < 1.29 is 4.79 Å². The van der Waals surface area contributed by atoms with Crippen LogP contribution < -0.4 is 10.2 Å². The van der Waals surface area contributed by atoms with E-state index < -0.39 is 0 Å². The topological polar surface area (TPSA) is 35.6 Å². The van der Waals surface area contributed by atoms with E-state index in [1.807, 2.05) is 30.0 Å². The number of anilines is 2. The zero-order chi connectivity index (χ0) is 18.2. The van der Waals surface area contributed by atoms with E-state index in [0.29, 0.717) is 19.5 Å². The van der Waals surface area contributed by atoms with Gasteiger partial charge in [0.2, 0.25) is 5.91 Å². The Morgan fingerprint density at radius 1 is 1.04 bits per heavy atom. The highest BCUT2D eigenvalue weighted by molar-refractivity contribution is 5.76. The van der Waals surface area contributed by atoms with Crippen molar-refractivity contribution in [1.29, 1.82) is 0 Å². The highest BCUT2D eigenvalue weighted by atomic mass is 16.2. The average Bonchev–Trinajstić information content (AvgIpc) is 3.22. The van der Waals surface area contributed by atoms with Gasteiger partial charge in [0.05, 0.1) is 0 Å². The van der Waals surface area contributed by atoms with E-state index in [4.69, 9.17) is 0 Å². The Kier molecular flexibility index (Phi) is 6.53. The van der Waals surface area contributed by atoms with Crippen molar-refractivity contribution in [3.63, 3.8) is 0 Å². The number of hydrogen-bond acceptors (Lipinski definition) is 3. The highest BCUT2D eigenvalue weighted by Gasteiger charge is 2.13. The molecule has 4 nitrogen and oxygen atoms in total. The fourth-order valence-corrected chi connectivity index (χ4v) is 3.42. The third-order valence-electron chi connectivity index (χ3n) is 4.96. The van der Waals surface area contributed by atoms with Crippen molar-refractivity contribution in [2.75, 3.05) is 36.4 Å². The average molecular weight is 351 g/mol. The number of hydrogen-bond donors (Lipinski definition) is 1. The third kappa shape index (κ3) is 5.01. The molecule has 1 aliphatic heterocycles. The van der Waals surface area contributed by atoms with Crippen LogP contribution in [0.2, 0.25) is 0 Å². The largest absolute Gasteiger partial charge is 0.385 e. The van der Waals surface area contributed by atoms with Crippen molar-refractivity contribution >= 4 is 17.3 Å². The molecule has 26 heavy (non-hydrogen) atoms. The molecule has 2 aromatic carbocycles. The summed E-state index contributed by atoms with van der Waals surface area (Å²) in [5.74, 6) is 0.192. The van der Waals surface area contributed by atoms with Gasteiger partial charge in [-0.05, 0) is 49.6 Å². The summed E-state index contributed by atoms with van der Waals surface area (Å²) in [7, 11) is 0. The van der Waals surface area contributed by atoms with Crippen LogP contribution in [0.4, 0.5) is 11.4 Å². The lowest BCUT2D eigenvalue weighted by Crippen LogP contribution is -2.31. The van der Waals surface area contributed by atoms with Crippen LogP contribution in [0.1, 0.15) is 31.7 Å². The molecule has 1 saturated heterocycles. The first-order valence-corrected chi connectivity index (χ1v) is 9.67. The van der Waals surface area contributed by atoms with Crippen molar-refractivity contribution in [2.45, 2.75) is 32.7 Å². The molecule has 0 unspecified atom stereocenters. The Labute approximate surface area is 156 Å². The first-order chi connectivity index (χ1) is 12.8. The minimum Gasteiger partial charge on any atom is -0.385 e. The van der Waals surface area contributed by atoms with Gasteiger partial charge in [-0.1, -0.05) is 30.3 Å². The van der Waals surface area contributed by atoms with Gasteiger partial charge in [0.15, 0.2) is 0 Å². The number of carbonyl (C=O) groups excluding carboxylic acids is 1. The van der Waals surface area contributed by atoms with Gasteiger partial charge >= 0.3 is 0 Å².